The largest absolute Gasteiger partial charge is 0.368 e. The quantitative estimate of drug-likeness (QED) is 0.597. The van der Waals surface area contributed by atoms with Crippen LogP contribution in [0.2, 0.25) is 0 Å². The van der Waals surface area contributed by atoms with Gasteiger partial charge >= 0.3 is 0 Å². The van der Waals surface area contributed by atoms with E-state index in [1.165, 1.54) is 5.69 Å². The Labute approximate surface area is 114 Å². The van der Waals surface area contributed by atoms with Crippen LogP contribution in [-0.2, 0) is 9.59 Å². The van der Waals surface area contributed by atoms with Crippen molar-refractivity contribution in [3.8, 4) is 0 Å². The molecule has 1 aromatic rings. The maximum absolute atomic E-state index is 11.9. The van der Waals surface area contributed by atoms with Crippen molar-refractivity contribution < 1.29 is 9.59 Å². The second-order valence-corrected chi connectivity index (χ2v) is 4.76. The van der Waals surface area contributed by atoms with E-state index < -0.39 is 0 Å². The topological polar surface area (TPSA) is 40.6 Å². The lowest BCUT2D eigenvalue weighted by Crippen LogP contribution is -2.48. The minimum absolute atomic E-state index is 0.176. The fourth-order valence-electron chi connectivity index (χ4n) is 2.35. The van der Waals surface area contributed by atoms with Gasteiger partial charge in [0.15, 0.2) is 0 Å². The molecule has 1 fully saturated rings. The molecular formula is C15H20N2O2. The van der Waals surface area contributed by atoms with E-state index in [-0.39, 0.29) is 5.91 Å². The van der Waals surface area contributed by atoms with E-state index in [1.54, 1.807) is 0 Å². The average Bonchev–Trinajstić information content (AvgIpc) is 2.48. The Morgan fingerprint density at radius 1 is 1.11 bits per heavy atom. The molecule has 0 saturated carbocycles. The van der Waals surface area contributed by atoms with E-state index in [0.29, 0.717) is 19.3 Å². The zero-order valence-electron chi connectivity index (χ0n) is 11.1. The van der Waals surface area contributed by atoms with E-state index >= 15 is 0 Å². The van der Waals surface area contributed by atoms with Crippen LogP contribution in [0.3, 0.4) is 0 Å². The number of aldehydes is 1. The van der Waals surface area contributed by atoms with Gasteiger partial charge in [-0.15, -0.1) is 0 Å². The first kappa shape index (κ1) is 13.6. The molecule has 1 heterocycles. The Hall–Kier alpha value is -1.84. The molecule has 0 atom stereocenters. The minimum Gasteiger partial charge on any atom is -0.368 e. The van der Waals surface area contributed by atoms with Crippen LogP contribution < -0.4 is 4.90 Å². The van der Waals surface area contributed by atoms with Crippen LogP contribution in [0, 0.1) is 0 Å². The number of benzene rings is 1. The number of hydrogen-bond acceptors (Lipinski definition) is 3. The van der Waals surface area contributed by atoms with E-state index in [1.807, 2.05) is 23.1 Å². The highest BCUT2D eigenvalue weighted by Gasteiger charge is 2.20. The number of unbranched alkanes of at least 4 members (excludes halogenated alkanes) is 1. The van der Waals surface area contributed by atoms with Gasteiger partial charge < -0.3 is 14.6 Å². The first-order chi connectivity index (χ1) is 9.31. The van der Waals surface area contributed by atoms with E-state index in [2.05, 4.69) is 17.0 Å². The fraction of sp³-hybridized carbons (Fsp3) is 0.467. The number of carbonyl (C=O) groups excluding carboxylic acids is 2. The molecule has 102 valence electrons. The zero-order chi connectivity index (χ0) is 13.5. The third-order valence-electron chi connectivity index (χ3n) is 3.47. The zero-order valence-corrected chi connectivity index (χ0v) is 11.1. The van der Waals surface area contributed by atoms with Gasteiger partial charge in [-0.05, 0) is 18.6 Å². The first-order valence-electron chi connectivity index (χ1n) is 6.82. The Kier molecular flexibility index (Phi) is 4.95. The summed E-state index contributed by atoms with van der Waals surface area (Å²) >= 11 is 0. The molecule has 1 aliphatic heterocycles. The van der Waals surface area contributed by atoms with E-state index in [0.717, 1.165) is 32.5 Å². The lowest BCUT2D eigenvalue weighted by molar-refractivity contribution is -0.131. The van der Waals surface area contributed by atoms with Crippen LogP contribution in [0.5, 0.6) is 0 Å². The lowest BCUT2D eigenvalue weighted by Gasteiger charge is -2.36. The molecule has 0 radical (unpaired) electrons. The summed E-state index contributed by atoms with van der Waals surface area (Å²) < 4.78 is 0. The molecule has 0 unspecified atom stereocenters. The molecule has 0 bridgehead atoms. The molecule has 4 nitrogen and oxygen atoms in total. The van der Waals surface area contributed by atoms with Crippen molar-refractivity contribution in [2.45, 2.75) is 19.3 Å². The summed E-state index contributed by atoms with van der Waals surface area (Å²) in [5.41, 5.74) is 1.22. The van der Waals surface area contributed by atoms with Gasteiger partial charge in [0.25, 0.3) is 0 Å². The van der Waals surface area contributed by atoms with Crippen molar-refractivity contribution >= 4 is 17.9 Å². The minimum atomic E-state index is 0.176. The van der Waals surface area contributed by atoms with Crippen LogP contribution in [-0.4, -0.2) is 43.3 Å². The van der Waals surface area contributed by atoms with Gasteiger partial charge in [0.2, 0.25) is 5.91 Å². The van der Waals surface area contributed by atoms with Crippen LogP contribution in [0.4, 0.5) is 5.69 Å². The Balaban J connectivity index is 1.79. The summed E-state index contributed by atoms with van der Waals surface area (Å²) in [6.07, 6.45) is 2.52. The van der Waals surface area contributed by atoms with Gasteiger partial charge in [0.1, 0.15) is 6.29 Å². The van der Waals surface area contributed by atoms with Crippen LogP contribution >= 0.6 is 0 Å². The number of carbonyl (C=O) groups is 2. The highest BCUT2D eigenvalue weighted by Crippen LogP contribution is 2.16. The molecule has 4 heteroatoms. The molecule has 0 aliphatic carbocycles. The molecule has 1 amide bonds. The number of nitrogens with zero attached hydrogens (tertiary/aromatic N) is 2. The predicted molar refractivity (Wildman–Crippen MR) is 75.2 cm³/mol. The molecule has 2 rings (SSSR count). The third-order valence-corrected chi connectivity index (χ3v) is 3.47. The van der Waals surface area contributed by atoms with Gasteiger partial charge in [-0.2, -0.15) is 0 Å². The number of anilines is 1. The second-order valence-electron chi connectivity index (χ2n) is 4.76. The van der Waals surface area contributed by atoms with Crippen molar-refractivity contribution in [2.75, 3.05) is 31.1 Å². The summed E-state index contributed by atoms with van der Waals surface area (Å²) in [7, 11) is 0. The predicted octanol–water partition coefficient (Wildman–Crippen LogP) is 1.70. The summed E-state index contributed by atoms with van der Waals surface area (Å²) in [5, 5.41) is 0. The first-order valence-corrected chi connectivity index (χ1v) is 6.82. The van der Waals surface area contributed by atoms with E-state index in [4.69, 9.17) is 0 Å². The molecule has 1 aromatic carbocycles. The maximum atomic E-state index is 11.9. The number of hydrogen-bond donors (Lipinski definition) is 0. The molecule has 19 heavy (non-hydrogen) atoms. The van der Waals surface area contributed by atoms with E-state index in [9.17, 15) is 9.59 Å². The SMILES string of the molecule is O=CCCCC(=O)N1CCN(c2ccccc2)CC1. The van der Waals surface area contributed by atoms with Crippen LogP contribution in [0.1, 0.15) is 19.3 Å². The van der Waals surface area contributed by atoms with Gasteiger partial charge in [-0.25, -0.2) is 0 Å². The normalized spacial score (nSPS) is 15.4. The highest BCUT2D eigenvalue weighted by atomic mass is 16.2. The molecular weight excluding hydrogens is 240 g/mol. The van der Waals surface area contributed by atoms with Crippen molar-refractivity contribution in [3.63, 3.8) is 0 Å². The summed E-state index contributed by atoms with van der Waals surface area (Å²) in [6.45, 7) is 3.30. The third kappa shape index (κ3) is 3.81. The van der Waals surface area contributed by atoms with Gasteiger partial charge in [0, 0.05) is 44.7 Å². The molecule has 0 N–H and O–H groups in total. The molecule has 1 aliphatic rings. The van der Waals surface area contributed by atoms with Crippen molar-refractivity contribution in [2.24, 2.45) is 0 Å². The summed E-state index contributed by atoms with van der Waals surface area (Å²) in [4.78, 5) is 26.3. The average molecular weight is 260 g/mol. The standard InChI is InChI=1S/C15H20N2O2/c18-13-5-4-8-15(19)17-11-9-16(10-12-17)14-6-2-1-3-7-14/h1-3,6-7,13H,4-5,8-12H2. The number of piperazine rings is 1. The van der Waals surface area contributed by atoms with Crippen molar-refractivity contribution in [1.82, 2.24) is 4.90 Å². The van der Waals surface area contributed by atoms with Gasteiger partial charge in [-0.3, -0.25) is 4.79 Å². The number of rotatable bonds is 5. The maximum Gasteiger partial charge on any atom is 0.222 e. The second kappa shape index (κ2) is 6.92. The molecule has 1 saturated heterocycles. The molecule has 0 spiro atoms. The smallest absolute Gasteiger partial charge is 0.222 e. The van der Waals surface area contributed by atoms with Gasteiger partial charge in [0.05, 0.1) is 0 Å². The van der Waals surface area contributed by atoms with Gasteiger partial charge in [-0.1, -0.05) is 18.2 Å². The fourth-order valence-corrected chi connectivity index (χ4v) is 2.35. The van der Waals surface area contributed by atoms with Crippen LogP contribution in [0.15, 0.2) is 30.3 Å². The van der Waals surface area contributed by atoms with Crippen molar-refractivity contribution in [1.29, 1.82) is 0 Å². The Morgan fingerprint density at radius 3 is 2.42 bits per heavy atom. The monoisotopic (exact) mass is 260 g/mol. The van der Waals surface area contributed by atoms with Crippen molar-refractivity contribution in [3.05, 3.63) is 30.3 Å². The summed E-state index contributed by atoms with van der Waals surface area (Å²) in [5.74, 6) is 0.176. The number of amides is 1. The Bertz CT molecular complexity index is 411. The highest BCUT2D eigenvalue weighted by molar-refractivity contribution is 5.76. The summed E-state index contributed by atoms with van der Waals surface area (Å²) in [6, 6.07) is 10.3. The number of para-hydroxylation sites is 1. The lowest BCUT2D eigenvalue weighted by atomic mass is 10.2. The Morgan fingerprint density at radius 2 is 1.79 bits per heavy atom. The molecule has 0 aromatic heterocycles. The van der Waals surface area contributed by atoms with Crippen LogP contribution in [0.25, 0.3) is 0 Å².